The summed E-state index contributed by atoms with van der Waals surface area (Å²) in [5, 5.41) is 15.6. The summed E-state index contributed by atoms with van der Waals surface area (Å²) in [5.41, 5.74) is 1.61. The number of amides is 2. The average Bonchev–Trinajstić information content (AvgIpc) is 3.44. The maximum atomic E-state index is 12.9. The summed E-state index contributed by atoms with van der Waals surface area (Å²) in [6, 6.07) is 3.73. The second-order valence-corrected chi connectivity index (χ2v) is 8.53. The largest absolute Gasteiger partial charge is 0.378 e. The number of hydrogen-bond donors (Lipinski definition) is 3. The fourth-order valence-corrected chi connectivity index (χ4v) is 3.93. The van der Waals surface area contributed by atoms with E-state index in [9.17, 15) is 9.59 Å². The van der Waals surface area contributed by atoms with Crippen molar-refractivity contribution in [2.75, 3.05) is 57.6 Å². The fourth-order valence-electron chi connectivity index (χ4n) is 3.13. The van der Waals surface area contributed by atoms with Crippen LogP contribution in [0.3, 0.4) is 0 Å². The number of nitrogens with one attached hydrogen (secondary N) is 3. The summed E-state index contributed by atoms with van der Waals surface area (Å²) in [4.78, 5) is 36.5. The molecule has 0 spiro atoms. The van der Waals surface area contributed by atoms with Crippen LogP contribution in [0.1, 0.15) is 21.0 Å². The molecule has 174 valence electrons. The van der Waals surface area contributed by atoms with Crippen LogP contribution in [0.5, 0.6) is 0 Å². The van der Waals surface area contributed by atoms with E-state index in [-0.39, 0.29) is 17.3 Å². The number of hydrogen-bond acceptors (Lipinski definition) is 9. The van der Waals surface area contributed by atoms with Crippen LogP contribution in [0, 0.1) is 0 Å². The topological polar surface area (TPSA) is 126 Å². The molecule has 11 nitrogen and oxygen atoms in total. The third-order valence-corrected chi connectivity index (χ3v) is 5.72. The molecule has 0 radical (unpaired) electrons. The van der Waals surface area contributed by atoms with Crippen molar-refractivity contribution in [3.8, 4) is 10.6 Å². The number of carbonyl (C=O) groups is 2. The lowest BCUT2D eigenvalue weighted by atomic mass is 10.2. The lowest BCUT2D eigenvalue weighted by molar-refractivity contribution is 0.0916. The number of anilines is 2. The lowest BCUT2D eigenvalue weighted by Gasteiger charge is -2.09. The molecular weight excluding hydrogens is 444 g/mol. The van der Waals surface area contributed by atoms with Gasteiger partial charge in [0.25, 0.3) is 11.8 Å². The van der Waals surface area contributed by atoms with Crippen molar-refractivity contribution in [1.82, 2.24) is 30.0 Å². The first-order valence-electron chi connectivity index (χ1n) is 10.5. The quantitative estimate of drug-likeness (QED) is 0.524. The zero-order chi connectivity index (χ0) is 23.2. The van der Waals surface area contributed by atoms with Gasteiger partial charge in [0, 0.05) is 43.0 Å². The zero-order valence-electron chi connectivity index (χ0n) is 18.5. The van der Waals surface area contributed by atoms with Crippen molar-refractivity contribution in [1.29, 1.82) is 0 Å². The monoisotopic (exact) mass is 470 g/mol. The molecule has 33 heavy (non-hydrogen) atoms. The Morgan fingerprint density at radius 1 is 1.18 bits per heavy atom. The van der Waals surface area contributed by atoms with Crippen LogP contribution in [-0.2, 0) is 11.3 Å². The number of rotatable bonds is 3. The highest BCUT2D eigenvalue weighted by Crippen LogP contribution is 2.26. The molecule has 1 aliphatic rings. The predicted octanol–water partition coefficient (Wildman–Crippen LogP) is 1.39. The SMILES string of the molecule is CN(C)CCn1cc2c(n1)C(=O)NCCOCCNc1cc(ccn1)-c1nc(cs1)C(=O)N2. The van der Waals surface area contributed by atoms with Crippen LogP contribution in [0.25, 0.3) is 10.6 Å². The number of fused-ring (bicyclic) bond motifs is 6. The molecule has 4 rings (SSSR count). The highest BCUT2D eigenvalue weighted by molar-refractivity contribution is 7.13. The van der Waals surface area contributed by atoms with Gasteiger partial charge in [-0.25, -0.2) is 9.97 Å². The molecule has 3 N–H and O–H groups in total. The van der Waals surface area contributed by atoms with E-state index in [0.29, 0.717) is 49.4 Å². The first-order valence-corrected chi connectivity index (χ1v) is 11.4. The molecule has 0 fully saturated rings. The van der Waals surface area contributed by atoms with E-state index in [1.165, 1.54) is 11.3 Å². The van der Waals surface area contributed by atoms with E-state index in [4.69, 9.17) is 4.74 Å². The Bertz CT molecular complexity index is 1130. The smallest absolute Gasteiger partial charge is 0.275 e. The van der Waals surface area contributed by atoms with Crippen LogP contribution in [-0.4, -0.2) is 83.4 Å². The first kappa shape index (κ1) is 22.8. The molecule has 4 heterocycles. The summed E-state index contributed by atoms with van der Waals surface area (Å²) in [6.45, 7) is 3.01. The van der Waals surface area contributed by atoms with Crippen molar-refractivity contribution in [2.45, 2.75) is 6.54 Å². The minimum absolute atomic E-state index is 0.152. The Balaban J connectivity index is 1.62. The molecule has 2 amide bonds. The van der Waals surface area contributed by atoms with Gasteiger partial charge in [0.2, 0.25) is 0 Å². The molecule has 0 saturated heterocycles. The van der Waals surface area contributed by atoms with Crippen molar-refractivity contribution >= 4 is 34.7 Å². The zero-order valence-corrected chi connectivity index (χ0v) is 19.3. The van der Waals surface area contributed by atoms with Crippen LogP contribution in [0.15, 0.2) is 29.9 Å². The lowest BCUT2D eigenvalue weighted by Crippen LogP contribution is -2.29. The molecule has 4 bridgehead atoms. The Hall–Kier alpha value is -3.35. The van der Waals surface area contributed by atoms with Crippen molar-refractivity contribution in [3.63, 3.8) is 0 Å². The van der Waals surface area contributed by atoms with Crippen LogP contribution >= 0.6 is 11.3 Å². The third kappa shape index (κ3) is 5.92. The summed E-state index contributed by atoms with van der Waals surface area (Å²) in [7, 11) is 3.91. The van der Waals surface area contributed by atoms with Gasteiger partial charge in [-0.15, -0.1) is 11.3 Å². The highest BCUT2D eigenvalue weighted by Gasteiger charge is 2.21. The maximum Gasteiger partial charge on any atom is 0.275 e. The van der Waals surface area contributed by atoms with Crippen molar-refractivity contribution in [2.24, 2.45) is 0 Å². The molecule has 3 aromatic rings. The van der Waals surface area contributed by atoms with Gasteiger partial charge in [0.05, 0.1) is 25.4 Å². The summed E-state index contributed by atoms with van der Waals surface area (Å²) in [6.07, 6.45) is 3.36. The van der Waals surface area contributed by atoms with E-state index >= 15 is 0 Å². The van der Waals surface area contributed by atoms with Gasteiger partial charge < -0.3 is 25.6 Å². The van der Waals surface area contributed by atoms with Crippen LogP contribution in [0.4, 0.5) is 11.5 Å². The molecule has 0 saturated carbocycles. The van der Waals surface area contributed by atoms with E-state index in [1.54, 1.807) is 22.5 Å². The van der Waals surface area contributed by atoms with Crippen LogP contribution < -0.4 is 16.0 Å². The second kappa shape index (κ2) is 10.5. The van der Waals surface area contributed by atoms with Crippen molar-refractivity contribution in [3.05, 3.63) is 41.3 Å². The normalized spacial score (nSPS) is 15.1. The van der Waals surface area contributed by atoms with E-state index in [0.717, 1.165) is 12.1 Å². The average molecular weight is 471 g/mol. The Labute approximate surface area is 195 Å². The minimum atomic E-state index is -0.407. The molecule has 12 heteroatoms. The number of carbonyl (C=O) groups excluding carboxylic acids is 2. The second-order valence-electron chi connectivity index (χ2n) is 7.67. The standard InChI is InChI=1S/C21H26N8O3S/c1-28(2)7-8-29-12-15-18(27-29)20(31)24-6-10-32-9-5-23-17-11-14(3-4-22-17)21-26-16(13-33-21)19(30)25-15/h3-4,11-13H,5-10H2,1-2H3,(H,22,23)(H,24,31)(H,25,30). The van der Waals surface area contributed by atoms with Gasteiger partial charge in [0.15, 0.2) is 5.69 Å². The number of pyridine rings is 1. The molecule has 0 aromatic carbocycles. The Kier molecular flexibility index (Phi) is 7.27. The van der Waals surface area contributed by atoms with E-state index < -0.39 is 5.91 Å². The van der Waals surface area contributed by atoms with Gasteiger partial charge in [-0.2, -0.15) is 5.10 Å². The number of ether oxygens (including phenoxy) is 1. The van der Waals surface area contributed by atoms with Crippen molar-refractivity contribution < 1.29 is 14.3 Å². The predicted molar refractivity (Wildman–Crippen MR) is 126 cm³/mol. The Morgan fingerprint density at radius 3 is 2.82 bits per heavy atom. The van der Waals surface area contributed by atoms with Gasteiger partial charge in [0.1, 0.15) is 16.5 Å². The Morgan fingerprint density at radius 2 is 2.00 bits per heavy atom. The number of nitrogens with zero attached hydrogens (tertiary/aromatic N) is 5. The maximum absolute atomic E-state index is 12.9. The first-order chi connectivity index (χ1) is 16.0. The summed E-state index contributed by atoms with van der Waals surface area (Å²) >= 11 is 1.36. The van der Waals surface area contributed by atoms with Crippen LogP contribution in [0.2, 0.25) is 0 Å². The highest BCUT2D eigenvalue weighted by atomic mass is 32.1. The molecule has 0 atom stereocenters. The van der Waals surface area contributed by atoms with E-state index in [1.807, 2.05) is 31.1 Å². The molecular formula is C21H26N8O3S. The third-order valence-electron chi connectivity index (χ3n) is 4.83. The minimum Gasteiger partial charge on any atom is -0.378 e. The molecule has 3 aromatic heterocycles. The number of likely N-dealkylation sites (N-methyl/N-ethyl adjacent to an activating group) is 1. The summed E-state index contributed by atoms with van der Waals surface area (Å²) < 4.78 is 7.23. The molecule has 1 aliphatic heterocycles. The molecule has 0 unspecified atom stereocenters. The van der Waals surface area contributed by atoms with Gasteiger partial charge in [-0.1, -0.05) is 0 Å². The number of thiazole rings is 1. The fraction of sp³-hybridized carbons (Fsp3) is 0.381. The molecule has 0 aliphatic carbocycles. The van der Waals surface area contributed by atoms with Gasteiger partial charge >= 0.3 is 0 Å². The van der Waals surface area contributed by atoms with E-state index in [2.05, 4.69) is 31.0 Å². The summed E-state index contributed by atoms with van der Waals surface area (Å²) in [5.74, 6) is -0.0908. The van der Waals surface area contributed by atoms with Gasteiger partial charge in [-0.3, -0.25) is 14.3 Å². The number of aromatic nitrogens is 4. The van der Waals surface area contributed by atoms with Gasteiger partial charge in [-0.05, 0) is 26.2 Å².